The first kappa shape index (κ1) is 14.0. The summed E-state index contributed by atoms with van der Waals surface area (Å²) in [7, 11) is 0. The molecular formula is C13H14BrN3OS. The van der Waals surface area contributed by atoms with E-state index in [1.54, 1.807) is 17.5 Å². The van der Waals surface area contributed by atoms with E-state index in [1.807, 2.05) is 36.6 Å². The lowest BCUT2D eigenvalue weighted by molar-refractivity contribution is 0.237. The Morgan fingerprint density at radius 3 is 3.00 bits per heavy atom. The van der Waals surface area contributed by atoms with Gasteiger partial charge in [-0.2, -0.15) is 0 Å². The van der Waals surface area contributed by atoms with E-state index in [-0.39, 0.29) is 12.1 Å². The lowest BCUT2D eigenvalue weighted by atomic mass is 10.2. The van der Waals surface area contributed by atoms with Crippen molar-refractivity contribution >= 4 is 33.3 Å². The topological polar surface area (TPSA) is 54.0 Å². The molecule has 2 rings (SSSR count). The zero-order valence-corrected chi connectivity index (χ0v) is 12.8. The van der Waals surface area contributed by atoms with E-state index < -0.39 is 0 Å². The molecule has 0 bridgehead atoms. The highest BCUT2D eigenvalue weighted by atomic mass is 79.9. The number of pyridine rings is 1. The van der Waals surface area contributed by atoms with Gasteiger partial charge in [-0.15, -0.1) is 11.3 Å². The lowest BCUT2D eigenvalue weighted by Crippen LogP contribution is -2.36. The zero-order chi connectivity index (χ0) is 13.7. The van der Waals surface area contributed by atoms with Crippen LogP contribution in [0.4, 0.5) is 4.79 Å². The summed E-state index contributed by atoms with van der Waals surface area (Å²) in [6.45, 7) is 2.42. The van der Waals surface area contributed by atoms with E-state index in [0.717, 1.165) is 15.0 Å². The molecule has 4 nitrogen and oxygen atoms in total. The molecule has 0 aliphatic carbocycles. The van der Waals surface area contributed by atoms with Gasteiger partial charge in [0.05, 0.1) is 15.5 Å². The van der Waals surface area contributed by atoms with Crippen molar-refractivity contribution < 1.29 is 4.79 Å². The highest BCUT2D eigenvalue weighted by Crippen LogP contribution is 2.20. The summed E-state index contributed by atoms with van der Waals surface area (Å²) in [4.78, 5) is 16.0. The number of aromatic nitrogens is 1. The fourth-order valence-electron chi connectivity index (χ4n) is 1.57. The lowest BCUT2D eigenvalue weighted by Gasteiger charge is -2.13. The van der Waals surface area contributed by atoms with E-state index in [4.69, 9.17) is 0 Å². The molecule has 2 heterocycles. The maximum atomic E-state index is 11.7. The maximum absolute atomic E-state index is 11.7. The number of amides is 2. The summed E-state index contributed by atoms with van der Waals surface area (Å²) >= 11 is 4.99. The van der Waals surface area contributed by atoms with Gasteiger partial charge < -0.3 is 10.6 Å². The molecule has 19 heavy (non-hydrogen) atoms. The molecular weight excluding hydrogens is 326 g/mol. The normalized spacial score (nSPS) is 11.9. The third-order valence-electron chi connectivity index (χ3n) is 2.55. The number of nitrogens with one attached hydrogen (secondary N) is 2. The van der Waals surface area contributed by atoms with Crippen molar-refractivity contribution in [1.29, 1.82) is 0 Å². The van der Waals surface area contributed by atoms with Gasteiger partial charge in [0, 0.05) is 12.7 Å². The van der Waals surface area contributed by atoms with Crippen molar-refractivity contribution in [2.75, 3.05) is 0 Å². The highest BCUT2D eigenvalue weighted by molar-refractivity contribution is 9.11. The minimum absolute atomic E-state index is 0.115. The van der Waals surface area contributed by atoms with Crippen LogP contribution in [0.15, 0.2) is 39.6 Å². The van der Waals surface area contributed by atoms with Gasteiger partial charge in [-0.3, -0.25) is 4.98 Å². The first-order chi connectivity index (χ1) is 9.15. The summed E-state index contributed by atoms with van der Waals surface area (Å²) in [5.41, 5.74) is 1.92. The molecule has 2 amide bonds. The Hall–Kier alpha value is -1.40. The number of carbonyl (C=O) groups excluding carboxylic acids is 1. The molecule has 0 saturated carbocycles. The zero-order valence-electron chi connectivity index (χ0n) is 10.4. The molecule has 1 atom stereocenters. The van der Waals surface area contributed by atoms with E-state index in [1.165, 1.54) is 0 Å². The Morgan fingerprint density at radius 1 is 1.53 bits per heavy atom. The number of urea groups is 1. The highest BCUT2D eigenvalue weighted by Gasteiger charge is 2.09. The smallest absolute Gasteiger partial charge is 0.315 e. The quantitative estimate of drug-likeness (QED) is 0.896. The second-order valence-corrected chi connectivity index (χ2v) is 6.35. The van der Waals surface area contributed by atoms with Crippen molar-refractivity contribution in [2.24, 2.45) is 0 Å². The minimum Gasteiger partial charge on any atom is -0.334 e. The second-order valence-electron chi connectivity index (χ2n) is 4.06. The number of carbonyl (C=O) groups is 1. The van der Waals surface area contributed by atoms with Gasteiger partial charge in [0.25, 0.3) is 0 Å². The molecule has 0 unspecified atom stereocenters. The van der Waals surface area contributed by atoms with E-state index in [9.17, 15) is 4.79 Å². The van der Waals surface area contributed by atoms with Crippen LogP contribution < -0.4 is 10.6 Å². The molecule has 0 aliphatic heterocycles. The van der Waals surface area contributed by atoms with Crippen LogP contribution in [0.5, 0.6) is 0 Å². The van der Waals surface area contributed by atoms with Crippen LogP contribution in [0, 0.1) is 0 Å². The largest absolute Gasteiger partial charge is 0.334 e. The Kier molecular flexibility index (Phi) is 4.93. The molecule has 2 aromatic rings. The number of hydrogen-bond donors (Lipinski definition) is 2. The summed E-state index contributed by atoms with van der Waals surface area (Å²) < 4.78 is 1.06. The average Bonchev–Trinajstić information content (AvgIpc) is 2.83. The molecule has 0 radical (unpaired) electrons. The van der Waals surface area contributed by atoms with E-state index in [2.05, 4.69) is 31.5 Å². The van der Waals surface area contributed by atoms with Crippen molar-refractivity contribution in [3.63, 3.8) is 0 Å². The van der Waals surface area contributed by atoms with Gasteiger partial charge in [0.15, 0.2) is 0 Å². The third kappa shape index (κ3) is 4.33. The number of rotatable bonds is 4. The molecule has 100 valence electrons. The molecule has 0 spiro atoms. The fourth-order valence-corrected chi connectivity index (χ4v) is 2.78. The van der Waals surface area contributed by atoms with Crippen LogP contribution in [0.3, 0.4) is 0 Å². The molecule has 6 heteroatoms. The Bertz CT molecular complexity index is 544. The first-order valence-electron chi connectivity index (χ1n) is 5.83. The average molecular weight is 340 g/mol. The molecule has 0 saturated heterocycles. The predicted octanol–water partition coefficient (Wildman–Crippen LogP) is 3.47. The van der Waals surface area contributed by atoms with E-state index >= 15 is 0 Å². The summed E-state index contributed by atoms with van der Waals surface area (Å²) in [5.74, 6) is 0. The SMILES string of the molecule is C[C@H](NC(=O)NCc1csc(Br)c1)c1ccccn1. The Morgan fingerprint density at radius 2 is 2.37 bits per heavy atom. The number of halogens is 1. The van der Waals surface area contributed by atoms with Crippen LogP contribution in [-0.2, 0) is 6.54 Å². The number of nitrogens with zero attached hydrogens (tertiary/aromatic N) is 1. The Labute approximate surface area is 124 Å². The summed E-state index contributed by atoms with van der Waals surface area (Å²) in [6, 6.07) is 7.33. The van der Waals surface area contributed by atoms with Crippen LogP contribution in [0.2, 0.25) is 0 Å². The number of thiophene rings is 1. The van der Waals surface area contributed by atoms with Crippen LogP contribution in [-0.4, -0.2) is 11.0 Å². The minimum atomic E-state index is -0.194. The van der Waals surface area contributed by atoms with Gasteiger partial charge in [-0.05, 0) is 52.0 Å². The summed E-state index contributed by atoms with van der Waals surface area (Å²) in [6.07, 6.45) is 1.72. The molecule has 0 fully saturated rings. The summed E-state index contributed by atoms with van der Waals surface area (Å²) in [5, 5.41) is 7.68. The van der Waals surface area contributed by atoms with Crippen molar-refractivity contribution in [3.8, 4) is 0 Å². The molecule has 0 aromatic carbocycles. The second kappa shape index (κ2) is 6.68. The van der Waals surface area contributed by atoms with E-state index in [0.29, 0.717) is 6.54 Å². The van der Waals surface area contributed by atoms with Gasteiger partial charge in [0.2, 0.25) is 0 Å². The van der Waals surface area contributed by atoms with Crippen molar-refractivity contribution in [1.82, 2.24) is 15.6 Å². The van der Waals surface area contributed by atoms with Crippen molar-refractivity contribution in [3.05, 3.63) is 50.9 Å². The van der Waals surface area contributed by atoms with Crippen LogP contribution >= 0.6 is 27.3 Å². The van der Waals surface area contributed by atoms with Gasteiger partial charge in [-0.1, -0.05) is 6.07 Å². The Balaban J connectivity index is 1.81. The molecule has 2 N–H and O–H groups in total. The van der Waals surface area contributed by atoms with Gasteiger partial charge in [0.1, 0.15) is 0 Å². The van der Waals surface area contributed by atoms with Crippen LogP contribution in [0.1, 0.15) is 24.2 Å². The fraction of sp³-hybridized carbons (Fsp3) is 0.231. The van der Waals surface area contributed by atoms with Gasteiger partial charge in [-0.25, -0.2) is 4.79 Å². The van der Waals surface area contributed by atoms with Crippen molar-refractivity contribution in [2.45, 2.75) is 19.5 Å². The third-order valence-corrected chi connectivity index (χ3v) is 4.11. The first-order valence-corrected chi connectivity index (χ1v) is 7.50. The number of hydrogen-bond acceptors (Lipinski definition) is 3. The standard InChI is InChI=1S/C13H14BrN3OS/c1-9(11-4-2-3-5-15-11)17-13(18)16-7-10-6-12(14)19-8-10/h2-6,8-9H,7H2,1H3,(H2,16,17,18)/t9-/m0/s1. The predicted molar refractivity (Wildman–Crippen MR) is 80.0 cm³/mol. The maximum Gasteiger partial charge on any atom is 0.315 e. The molecule has 2 aromatic heterocycles. The molecule has 0 aliphatic rings. The van der Waals surface area contributed by atoms with Crippen LogP contribution in [0.25, 0.3) is 0 Å². The van der Waals surface area contributed by atoms with Gasteiger partial charge >= 0.3 is 6.03 Å². The monoisotopic (exact) mass is 339 g/mol.